The van der Waals surface area contributed by atoms with Crippen LogP contribution in [0.3, 0.4) is 0 Å². The summed E-state index contributed by atoms with van der Waals surface area (Å²) in [5.41, 5.74) is 1.91. The molecule has 1 aromatic rings. The summed E-state index contributed by atoms with van der Waals surface area (Å²) in [6.45, 7) is 1.92. The molecule has 0 bridgehead atoms. The van der Waals surface area contributed by atoms with Gasteiger partial charge in [-0.3, -0.25) is 0 Å². The Hall–Kier alpha value is -0.900. The summed E-state index contributed by atoms with van der Waals surface area (Å²) in [7, 11) is 1.60. The van der Waals surface area contributed by atoms with Crippen molar-refractivity contribution in [3.05, 3.63) is 17.8 Å². The second-order valence-electron chi connectivity index (χ2n) is 2.32. The van der Waals surface area contributed by atoms with Crippen molar-refractivity contribution in [2.75, 3.05) is 18.3 Å². The molecule has 0 aliphatic heterocycles. The summed E-state index contributed by atoms with van der Waals surface area (Å²) in [6.07, 6.45) is 0. The zero-order valence-electron chi connectivity index (χ0n) is 7.16. The van der Waals surface area contributed by atoms with Crippen LogP contribution < -0.4 is 10.1 Å². The fourth-order valence-electron chi connectivity index (χ4n) is 0.924. The van der Waals surface area contributed by atoms with Crippen LogP contribution in [0.2, 0.25) is 0 Å². The standard InChI is InChI=1S/C8H12N2OS/c1-6-7(9-5-12)3-4-8(10-6)11-2/h3-4,9,12H,5H2,1-2H3. The molecule has 0 saturated carbocycles. The number of thiol groups is 1. The van der Waals surface area contributed by atoms with Gasteiger partial charge in [0, 0.05) is 6.07 Å². The number of hydrogen-bond acceptors (Lipinski definition) is 4. The van der Waals surface area contributed by atoms with Gasteiger partial charge in [-0.05, 0) is 13.0 Å². The third-order valence-electron chi connectivity index (χ3n) is 1.54. The number of nitrogens with one attached hydrogen (secondary N) is 1. The van der Waals surface area contributed by atoms with E-state index in [9.17, 15) is 0 Å². The molecule has 0 aliphatic carbocycles. The van der Waals surface area contributed by atoms with Gasteiger partial charge in [-0.15, -0.1) is 0 Å². The number of methoxy groups -OCH3 is 1. The Balaban J connectivity index is 2.87. The van der Waals surface area contributed by atoms with Gasteiger partial charge in [0.1, 0.15) is 0 Å². The molecule has 1 heterocycles. The van der Waals surface area contributed by atoms with Gasteiger partial charge < -0.3 is 10.1 Å². The predicted molar refractivity (Wildman–Crippen MR) is 53.0 cm³/mol. The summed E-state index contributed by atoms with van der Waals surface area (Å²) in [5.74, 6) is 1.24. The highest BCUT2D eigenvalue weighted by Gasteiger charge is 1.99. The fourth-order valence-corrected chi connectivity index (χ4v) is 1.09. The molecule has 4 heteroatoms. The molecule has 66 valence electrons. The quantitative estimate of drug-likeness (QED) is 0.554. The highest BCUT2D eigenvalue weighted by Crippen LogP contribution is 2.16. The Morgan fingerprint density at radius 2 is 2.33 bits per heavy atom. The first-order chi connectivity index (χ1) is 5.77. The zero-order chi connectivity index (χ0) is 8.97. The van der Waals surface area contributed by atoms with E-state index in [1.807, 2.05) is 19.1 Å². The predicted octanol–water partition coefficient (Wildman–Crippen LogP) is 1.70. The number of rotatable bonds is 3. The molecule has 1 aromatic heterocycles. The van der Waals surface area contributed by atoms with Gasteiger partial charge in [-0.1, -0.05) is 0 Å². The number of pyridine rings is 1. The molecule has 0 radical (unpaired) electrons. The lowest BCUT2D eigenvalue weighted by atomic mass is 10.3. The van der Waals surface area contributed by atoms with E-state index >= 15 is 0 Å². The minimum Gasteiger partial charge on any atom is -0.481 e. The number of hydrogen-bond donors (Lipinski definition) is 2. The first kappa shape index (κ1) is 9.19. The Morgan fingerprint density at radius 3 is 2.83 bits per heavy atom. The van der Waals surface area contributed by atoms with E-state index in [2.05, 4.69) is 22.9 Å². The van der Waals surface area contributed by atoms with E-state index in [1.54, 1.807) is 7.11 Å². The van der Waals surface area contributed by atoms with Crippen molar-refractivity contribution in [3.8, 4) is 5.88 Å². The molecule has 0 atom stereocenters. The largest absolute Gasteiger partial charge is 0.481 e. The lowest BCUT2D eigenvalue weighted by Gasteiger charge is -2.06. The van der Waals surface area contributed by atoms with Crippen molar-refractivity contribution >= 4 is 18.3 Å². The summed E-state index contributed by atoms with van der Waals surface area (Å²) < 4.78 is 4.97. The normalized spacial score (nSPS) is 9.58. The van der Waals surface area contributed by atoms with Gasteiger partial charge in [0.2, 0.25) is 5.88 Å². The van der Waals surface area contributed by atoms with Crippen LogP contribution in [0.25, 0.3) is 0 Å². The molecule has 0 aliphatic rings. The van der Waals surface area contributed by atoms with Crippen molar-refractivity contribution in [2.24, 2.45) is 0 Å². The van der Waals surface area contributed by atoms with Crippen LogP contribution in [0.4, 0.5) is 5.69 Å². The third-order valence-corrected chi connectivity index (χ3v) is 1.70. The van der Waals surface area contributed by atoms with Crippen LogP contribution in [0.1, 0.15) is 5.69 Å². The van der Waals surface area contributed by atoms with E-state index < -0.39 is 0 Å². The first-order valence-corrected chi connectivity index (χ1v) is 4.27. The van der Waals surface area contributed by atoms with Gasteiger partial charge in [0.25, 0.3) is 0 Å². The van der Waals surface area contributed by atoms with Crippen LogP contribution in [0.15, 0.2) is 12.1 Å². The topological polar surface area (TPSA) is 34.1 Å². The average Bonchev–Trinajstić information content (AvgIpc) is 2.09. The van der Waals surface area contributed by atoms with Gasteiger partial charge in [0.05, 0.1) is 24.4 Å². The van der Waals surface area contributed by atoms with Crippen molar-refractivity contribution in [2.45, 2.75) is 6.92 Å². The number of anilines is 1. The van der Waals surface area contributed by atoms with Gasteiger partial charge in [-0.25, -0.2) is 4.98 Å². The summed E-state index contributed by atoms with van der Waals surface area (Å²) in [4.78, 5) is 4.19. The van der Waals surface area contributed by atoms with Gasteiger partial charge in [-0.2, -0.15) is 12.6 Å². The fraction of sp³-hybridized carbons (Fsp3) is 0.375. The van der Waals surface area contributed by atoms with Gasteiger partial charge in [0.15, 0.2) is 0 Å². The van der Waals surface area contributed by atoms with E-state index in [0.717, 1.165) is 11.4 Å². The highest BCUT2D eigenvalue weighted by molar-refractivity contribution is 7.80. The van der Waals surface area contributed by atoms with Gasteiger partial charge >= 0.3 is 0 Å². The first-order valence-electron chi connectivity index (χ1n) is 3.64. The zero-order valence-corrected chi connectivity index (χ0v) is 8.06. The SMILES string of the molecule is COc1ccc(NCS)c(C)n1. The Morgan fingerprint density at radius 1 is 1.58 bits per heavy atom. The van der Waals surface area contributed by atoms with Crippen LogP contribution in [0.5, 0.6) is 5.88 Å². The molecule has 1 rings (SSSR count). The maximum Gasteiger partial charge on any atom is 0.213 e. The van der Waals surface area contributed by atoms with Crippen LogP contribution >= 0.6 is 12.6 Å². The second kappa shape index (κ2) is 4.21. The lowest BCUT2D eigenvalue weighted by Crippen LogP contribution is -1.99. The molecule has 3 nitrogen and oxygen atoms in total. The number of aryl methyl sites for hydroxylation is 1. The molecule has 0 amide bonds. The maximum atomic E-state index is 4.97. The summed E-state index contributed by atoms with van der Waals surface area (Å²) >= 11 is 4.06. The lowest BCUT2D eigenvalue weighted by molar-refractivity contribution is 0.397. The van der Waals surface area contributed by atoms with Crippen LogP contribution in [-0.2, 0) is 0 Å². The van der Waals surface area contributed by atoms with Crippen LogP contribution in [0, 0.1) is 6.92 Å². The molecular weight excluding hydrogens is 172 g/mol. The minimum absolute atomic E-state index is 0.606. The highest BCUT2D eigenvalue weighted by atomic mass is 32.1. The molecule has 0 aromatic carbocycles. The Labute approximate surface area is 77.6 Å². The summed E-state index contributed by atoms with van der Waals surface area (Å²) in [6, 6.07) is 3.75. The van der Waals surface area contributed by atoms with E-state index in [-0.39, 0.29) is 0 Å². The third kappa shape index (κ3) is 2.04. The monoisotopic (exact) mass is 184 g/mol. The Bertz CT molecular complexity index is 265. The van der Waals surface area contributed by atoms with E-state index in [0.29, 0.717) is 11.8 Å². The average molecular weight is 184 g/mol. The van der Waals surface area contributed by atoms with Crippen molar-refractivity contribution in [3.63, 3.8) is 0 Å². The molecule has 12 heavy (non-hydrogen) atoms. The number of aromatic nitrogens is 1. The van der Waals surface area contributed by atoms with Crippen molar-refractivity contribution in [1.82, 2.24) is 4.98 Å². The smallest absolute Gasteiger partial charge is 0.213 e. The van der Waals surface area contributed by atoms with Crippen LogP contribution in [-0.4, -0.2) is 18.0 Å². The van der Waals surface area contributed by atoms with E-state index in [1.165, 1.54) is 0 Å². The number of nitrogens with zero attached hydrogens (tertiary/aromatic N) is 1. The summed E-state index contributed by atoms with van der Waals surface area (Å²) in [5, 5.41) is 3.07. The second-order valence-corrected chi connectivity index (χ2v) is 2.64. The molecular formula is C8H12N2OS. The molecule has 0 fully saturated rings. The Kier molecular flexibility index (Phi) is 3.22. The van der Waals surface area contributed by atoms with Crippen molar-refractivity contribution < 1.29 is 4.74 Å². The number of ether oxygens (including phenoxy) is 1. The molecule has 0 saturated heterocycles. The molecule has 0 unspecified atom stereocenters. The minimum atomic E-state index is 0.606. The van der Waals surface area contributed by atoms with Crippen molar-refractivity contribution in [1.29, 1.82) is 0 Å². The molecule has 0 spiro atoms. The molecule has 1 N–H and O–H groups in total. The maximum absolute atomic E-state index is 4.97. The van der Waals surface area contributed by atoms with E-state index in [4.69, 9.17) is 4.74 Å².